The van der Waals surface area contributed by atoms with Crippen molar-refractivity contribution in [3.05, 3.63) is 39.9 Å². The number of fused-ring (bicyclic) bond motifs is 1. The molecule has 14 heavy (non-hydrogen) atoms. The summed E-state index contributed by atoms with van der Waals surface area (Å²) in [6.07, 6.45) is 3.49. The smallest absolute Gasteiger partial charge is 0.0181 e. The molecule has 2 rings (SSSR count). The summed E-state index contributed by atoms with van der Waals surface area (Å²) in [5.41, 5.74) is 4.56. The van der Waals surface area contributed by atoms with Crippen molar-refractivity contribution in [2.75, 3.05) is 0 Å². The van der Waals surface area contributed by atoms with E-state index in [1.165, 1.54) is 21.2 Å². The van der Waals surface area contributed by atoms with Crippen LogP contribution in [-0.2, 0) is 5.41 Å². The van der Waals surface area contributed by atoms with Crippen molar-refractivity contribution in [1.82, 2.24) is 0 Å². The maximum atomic E-state index is 3.53. The molecule has 0 saturated carbocycles. The second kappa shape index (κ2) is 3.23. The molecule has 0 spiro atoms. The molecule has 0 heterocycles. The minimum absolute atomic E-state index is 0.287. The Hall–Kier alpha value is -0.560. The topological polar surface area (TPSA) is 0 Å². The van der Waals surface area contributed by atoms with Crippen LogP contribution in [0.25, 0.3) is 5.57 Å². The van der Waals surface area contributed by atoms with Crippen LogP contribution in [0.1, 0.15) is 38.3 Å². The summed E-state index contributed by atoms with van der Waals surface area (Å²) >= 11 is 3.53. The average molecular weight is 251 g/mol. The summed E-state index contributed by atoms with van der Waals surface area (Å²) in [7, 11) is 0. The highest BCUT2D eigenvalue weighted by atomic mass is 79.9. The van der Waals surface area contributed by atoms with Gasteiger partial charge in [0.25, 0.3) is 0 Å². The van der Waals surface area contributed by atoms with Gasteiger partial charge >= 0.3 is 0 Å². The van der Waals surface area contributed by atoms with E-state index in [1.54, 1.807) is 0 Å². The zero-order valence-corrected chi connectivity index (χ0v) is 10.5. The quantitative estimate of drug-likeness (QED) is 0.635. The molecule has 0 aromatic heterocycles. The lowest BCUT2D eigenvalue weighted by Crippen LogP contribution is -2.21. The largest absolute Gasteiger partial charge is 0.0801 e. The van der Waals surface area contributed by atoms with Crippen molar-refractivity contribution in [2.45, 2.75) is 32.6 Å². The molecule has 0 amide bonds. The zero-order chi connectivity index (χ0) is 10.3. The highest BCUT2D eigenvalue weighted by Gasteiger charge is 2.26. The Kier molecular flexibility index (Phi) is 2.30. The number of halogens is 1. The van der Waals surface area contributed by atoms with Gasteiger partial charge in [-0.25, -0.2) is 0 Å². The minimum Gasteiger partial charge on any atom is -0.0801 e. The summed E-state index contributed by atoms with van der Waals surface area (Å²) in [6.45, 7) is 6.81. The molecule has 0 atom stereocenters. The fourth-order valence-corrected chi connectivity index (χ4v) is 2.42. The fourth-order valence-electron chi connectivity index (χ4n) is 2.06. The van der Waals surface area contributed by atoms with Gasteiger partial charge in [0.2, 0.25) is 0 Å². The van der Waals surface area contributed by atoms with Crippen LogP contribution in [0.4, 0.5) is 0 Å². The van der Waals surface area contributed by atoms with Crippen LogP contribution in [0, 0.1) is 0 Å². The molecule has 1 aromatic carbocycles. The lowest BCUT2D eigenvalue weighted by molar-refractivity contribution is 0.527. The molecule has 0 bridgehead atoms. The number of hydrogen-bond donors (Lipinski definition) is 0. The molecule has 1 aliphatic rings. The van der Waals surface area contributed by atoms with Gasteiger partial charge in [0.05, 0.1) is 0 Å². The number of rotatable bonds is 0. The Morgan fingerprint density at radius 3 is 2.71 bits per heavy atom. The minimum atomic E-state index is 0.287. The monoisotopic (exact) mass is 250 g/mol. The summed E-state index contributed by atoms with van der Waals surface area (Å²) in [5.74, 6) is 0. The van der Waals surface area contributed by atoms with E-state index in [1.807, 2.05) is 0 Å². The van der Waals surface area contributed by atoms with E-state index >= 15 is 0 Å². The number of hydrogen-bond acceptors (Lipinski definition) is 0. The fraction of sp³-hybridized carbons (Fsp3) is 0.385. The SMILES string of the molecule is CC1=CCC(C)(C)c2ccc(Br)cc21. The molecule has 74 valence electrons. The second-order valence-electron chi connectivity index (χ2n) is 4.67. The Bertz CT molecular complexity index is 400. The van der Waals surface area contributed by atoms with Gasteiger partial charge in [-0.05, 0) is 47.6 Å². The Balaban J connectivity index is 2.66. The van der Waals surface area contributed by atoms with Gasteiger partial charge in [-0.1, -0.05) is 41.9 Å². The number of allylic oxidation sites excluding steroid dienone is 2. The van der Waals surface area contributed by atoms with Crippen LogP contribution in [-0.4, -0.2) is 0 Å². The third kappa shape index (κ3) is 1.54. The van der Waals surface area contributed by atoms with E-state index in [0.717, 1.165) is 6.42 Å². The van der Waals surface area contributed by atoms with E-state index < -0.39 is 0 Å². The van der Waals surface area contributed by atoms with Gasteiger partial charge in [0.1, 0.15) is 0 Å². The second-order valence-corrected chi connectivity index (χ2v) is 5.58. The van der Waals surface area contributed by atoms with Gasteiger partial charge in [-0.3, -0.25) is 0 Å². The first-order valence-corrected chi connectivity index (χ1v) is 5.77. The lowest BCUT2D eigenvalue weighted by atomic mass is 9.74. The van der Waals surface area contributed by atoms with Crippen molar-refractivity contribution in [3.63, 3.8) is 0 Å². The molecule has 0 saturated heterocycles. The normalized spacial score (nSPS) is 18.7. The van der Waals surface area contributed by atoms with Crippen molar-refractivity contribution >= 4 is 21.5 Å². The Morgan fingerprint density at radius 1 is 1.29 bits per heavy atom. The maximum absolute atomic E-state index is 3.53. The third-order valence-corrected chi connectivity index (χ3v) is 3.55. The number of benzene rings is 1. The highest BCUT2D eigenvalue weighted by Crippen LogP contribution is 2.39. The molecular weight excluding hydrogens is 236 g/mol. The molecule has 1 aromatic rings. The molecule has 0 fully saturated rings. The van der Waals surface area contributed by atoms with Crippen molar-refractivity contribution < 1.29 is 0 Å². The van der Waals surface area contributed by atoms with E-state index in [2.05, 4.69) is 61.0 Å². The maximum Gasteiger partial charge on any atom is 0.0181 e. The van der Waals surface area contributed by atoms with E-state index in [9.17, 15) is 0 Å². The van der Waals surface area contributed by atoms with Crippen LogP contribution in [0.3, 0.4) is 0 Å². The van der Waals surface area contributed by atoms with E-state index in [4.69, 9.17) is 0 Å². The molecule has 0 nitrogen and oxygen atoms in total. The first kappa shape index (κ1) is 9.97. The summed E-state index contributed by atoms with van der Waals surface area (Å²) in [4.78, 5) is 0. The van der Waals surface area contributed by atoms with Crippen LogP contribution in [0.2, 0.25) is 0 Å². The molecular formula is C13H15Br. The van der Waals surface area contributed by atoms with E-state index in [0.29, 0.717) is 0 Å². The van der Waals surface area contributed by atoms with Crippen molar-refractivity contribution in [3.8, 4) is 0 Å². The van der Waals surface area contributed by atoms with Crippen LogP contribution >= 0.6 is 15.9 Å². The molecule has 1 heteroatoms. The molecule has 0 unspecified atom stereocenters. The predicted molar refractivity (Wildman–Crippen MR) is 65.4 cm³/mol. The van der Waals surface area contributed by atoms with Gasteiger partial charge in [0, 0.05) is 4.47 Å². The highest BCUT2D eigenvalue weighted by molar-refractivity contribution is 9.10. The van der Waals surface area contributed by atoms with Crippen molar-refractivity contribution in [1.29, 1.82) is 0 Å². The molecule has 0 aliphatic heterocycles. The van der Waals surface area contributed by atoms with Gasteiger partial charge in [0.15, 0.2) is 0 Å². The zero-order valence-electron chi connectivity index (χ0n) is 8.89. The first-order chi connectivity index (χ1) is 6.50. The first-order valence-electron chi connectivity index (χ1n) is 4.98. The predicted octanol–water partition coefficient (Wildman–Crippen LogP) is 4.53. The van der Waals surface area contributed by atoms with E-state index in [-0.39, 0.29) is 5.41 Å². The Morgan fingerprint density at radius 2 is 2.00 bits per heavy atom. The van der Waals surface area contributed by atoms with Crippen LogP contribution < -0.4 is 0 Å². The molecule has 1 aliphatic carbocycles. The summed E-state index contributed by atoms with van der Waals surface area (Å²) in [5, 5.41) is 0. The standard InChI is InChI=1S/C13H15Br/c1-9-6-7-13(2,3)12-5-4-10(14)8-11(9)12/h4-6,8H,7H2,1-3H3. The summed E-state index contributed by atoms with van der Waals surface area (Å²) < 4.78 is 1.17. The van der Waals surface area contributed by atoms with Gasteiger partial charge < -0.3 is 0 Å². The van der Waals surface area contributed by atoms with Crippen molar-refractivity contribution in [2.24, 2.45) is 0 Å². The van der Waals surface area contributed by atoms with Gasteiger partial charge in [-0.2, -0.15) is 0 Å². The molecule has 0 radical (unpaired) electrons. The Labute approximate surface area is 94.2 Å². The summed E-state index contributed by atoms with van der Waals surface area (Å²) in [6, 6.07) is 6.61. The van der Waals surface area contributed by atoms with Crippen LogP contribution in [0.5, 0.6) is 0 Å². The van der Waals surface area contributed by atoms with Gasteiger partial charge in [-0.15, -0.1) is 0 Å². The average Bonchev–Trinajstić information content (AvgIpc) is 2.12. The molecule has 0 N–H and O–H groups in total. The third-order valence-electron chi connectivity index (χ3n) is 3.05. The lowest BCUT2D eigenvalue weighted by Gasteiger charge is -2.31. The van der Waals surface area contributed by atoms with Crippen LogP contribution in [0.15, 0.2) is 28.7 Å².